The van der Waals surface area contributed by atoms with Gasteiger partial charge in [-0.1, -0.05) is 42.0 Å². The summed E-state index contributed by atoms with van der Waals surface area (Å²) in [5.41, 5.74) is 3.17. The number of benzene rings is 2. The Morgan fingerprint density at radius 2 is 1.85 bits per heavy atom. The van der Waals surface area contributed by atoms with Crippen molar-refractivity contribution in [2.45, 2.75) is 13.5 Å². The molecule has 4 heteroatoms. The van der Waals surface area contributed by atoms with Crippen molar-refractivity contribution in [3.63, 3.8) is 0 Å². The standard InChI is InChI=1S/C16H16BrNO2/c1-12-6-8-13(9-7-12)10-18-16(19)14-4-2-3-5-15(14)20-11-17/h2-9H,10-11H2,1H3,(H,18,19). The van der Waals surface area contributed by atoms with Gasteiger partial charge in [0, 0.05) is 6.54 Å². The second-order valence-corrected chi connectivity index (χ2v) is 4.88. The fourth-order valence-corrected chi connectivity index (χ4v) is 2.07. The van der Waals surface area contributed by atoms with Crippen LogP contribution in [0.2, 0.25) is 0 Å². The molecular weight excluding hydrogens is 318 g/mol. The third kappa shape index (κ3) is 3.84. The van der Waals surface area contributed by atoms with Crippen molar-refractivity contribution >= 4 is 21.8 Å². The minimum Gasteiger partial charge on any atom is -0.482 e. The molecule has 104 valence electrons. The Morgan fingerprint density at radius 1 is 1.15 bits per heavy atom. The van der Waals surface area contributed by atoms with E-state index in [1.807, 2.05) is 43.3 Å². The zero-order chi connectivity index (χ0) is 14.4. The van der Waals surface area contributed by atoms with Crippen LogP contribution in [-0.4, -0.2) is 11.4 Å². The minimum absolute atomic E-state index is 0.137. The topological polar surface area (TPSA) is 38.3 Å². The van der Waals surface area contributed by atoms with Crippen LogP contribution in [0.25, 0.3) is 0 Å². The van der Waals surface area contributed by atoms with Crippen molar-refractivity contribution in [1.29, 1.82) is 0 Å². The van der Waals surface area contributed by atoms with Crippen LogP contribution in [0.1, 0.15) is 21.5 Å². The van der Waals surface area contributed by atoms with Crippen molar-refractivity contribution in [3.8, 4) is 5.75 Å². The van der Waals surface area contributed by atoms with Crippen LogP contribution in [0.4, 0.5) is 0 Å². The molecule has 0 bridgehead atoms. The summed E-state index contributed by atoms with van der Waals surface area (Å²) in [4.78, 5) is 12.2. The van der Waals surface area contributed by atoms with Gasteiger partial charge < -0.3 is 10.1 Å². The summed E-state index contributed by atoms with van der Waals surface area (Å²) >= 11 is 3.20. The van der Waals surface area contributed by atoms with Crippen LogP contribution >= 0.6 is 15.9 Å². The van der Waals surface area contributed by atoms with Crippen molar-refractivity contribution in [3.05, 3.63) is 65.2 Å². The zero-order valence-electron chi connectivity index (χ0n) is 11.2. The number of hydrogen-bond donors (Lipinski definition) is 1. The Morgan fingerprint density at radius 3 is 2.55 bits per heavy atom. The molecule has 0 saturated carbocycles. The SMILES string of the molecule is Cc1ccc(CNC(=O)c2ccccc2OCBr)cc1. The molecule has 0 spiro atoms. The number of hydrogen-bond acceptors (Lipinski definition) is 2. The fraction of sp³-hybridized carbons (Fsp3) is 0.188. The molecule has 0 aliphatic carbocycles. The Labute approximate surface area is 127 Å². The van der Waals surface area contributed by atoms with Gasteiger partial charge in [0.1, 0.15) is 11.3 Å². The maximum atomic E-state index is 12.2. The molecule has 2 aromatic carbocycles. The summed E-state index contributed by atoms with van der Waals surface area (Å²) in [6.45, 7) is 2.54. The molecule has 0 radical (unpaired) electrons. The molecule has 0 aromatic heterocycles. The van der Waals surface area contributed by atoms with Crippen LogP contribution in [0.5, 0.6) is 5.75 Å². The Balaban J connectivity index is 2.03. The lowest BCUT2D eigenvalue weighted by atomic mass is 10.1. The number of carbonyl (C=O) groups is 1. The van der Waals surface area contributed by atoms with E-state index in [2.05, 4.69) is 21.2 Å². The average Bonchev–Trinajstić information content (AvgIpc) is 2.47. The molecule has 0 atom stereocenters. The highest BCUT2D eigenvalue weighted by Gasteiger charge is 2.11. The van der Waals surface area contributed by atoms with Crippen molar-refractivity contribution in [1.82, 2.24) is 5.32 Å². The van der Waals surface area contributed by atoms with E-state index in [4.69, 9.17) is 4.74 Å². The highest BCUT2D eigenvalue weighted by Crippen LogP contribution is 2.18. The molecule has 1 N–H and O–H groups in total. The average molecular weight is 334 g/mol. The summed E-state index contributed by atoms with van der Waals surface area (Å²) in [5.74, 6) is 0.438. The Kier molecular flexibility index (Phi) is 5.18. The van der Waals surface area contributed by atoms with E-state index < -0.39 is 0 Å². The molecule has 0 saturated heterocycles. The number of halogens is 1. The van der Waals surface area contributed by atoms with E-state index in [1.165, 1.54) is 5.56 Å². The molecule has 1 amide bonds. The second-order valence-electron chi connectivity index (χ2n) is 4.42. The van der Waals surface area contributed by atoms with Gasteiger partial charge in [-0.05, 0) is 40.5 Å². The highest BCUT2D eigenvalue weighted by molar-refractivity contribution is 9.09. The minimum atomic E-state index is -0.137. The number of nitrogens with one attached hydrogen (secondary N) is 1. The van der Waals surface area contributed by atoms with Crippen LogP contribution in [0, 0.1) is 6.92 Å². The first-order chi connectivity index (χ1) is 9.70. The van der Waals surface area contributed by atoms with Gasteiger partial charge in [0.2, 0.25) is 0 Å². The van der Waals surface area contributed by atoms with Gasteiger partial charge in [-0.3, -0.25) is 4.79 Å². The van der Waals surface area contributed by atoms with Crippen molar-refractivity contribution in [2.75, 3.05) is 5.52 Å². The normalized spacial score (nSPS) is 10.1. The van der Waals surface area contributed by atoms with E-state index in [9.17, 15) is 4.79 Å². The van der Waals surface area contributed by atoms with Gasteiger partial charge in [-0.15, -0.1) is 0 Å². The Bertz CT molecular complexity index is 581. The van der Waals surface area contributed by atoms with E-state index in [0.717, 1.165) is 5.56 Å². The van der Waals surface area contributed by atoms with Gasteiger partial charge in [0.25, 0.3) is 5.91 Å². The number of rotatable bonds is 5. The number of alkyl halides is 1. The number of amides is 1. The van der Waals surface area contributed by atoms with Crippen molar-refractivity contribution in [2.24, 2.45) is 0 Å². The number of para-hydroxylation sites is 1. The number of carbonyl (C=O) groups excluding carboxylic acids is 1. The lowest BCUT2D eigenvalue weighted by Crippen LogP contribution is -2.23. The third-order valence-electron chi connectivity index (χ3n) is 2.92. The first-order valence-electron chi connectivity index (χ1n) is 6.32. The van der Waals surface area contributed by atoms with E-state index in [-0.39, 0.29) is 5.91 Å². The monoisotopic (exact) mass is 333 g/mol. The maximum absolute atomic E-state index is 12.2. The Hall–Kier alpha value is -1.81. The summed E-state index contributed by atoms with van der Waals surface area (Å²) < 4.78 is 5.38. The summed E-state index contributed by atoms with van der Waals surface area (Å²) in [7, 11) is 0. The first-order valence-corrected chi connectivity index (χ1v) is 7.44. The van der Waals surface area contributed by atoms with E-state index in [1.54, 1.807) is 12.1 Å². The van der Waals surface area contributed by atoms with E-state index >= 15 is 0 Å². The quantitative estimate of drug-likeness (QED) is 0.848. The smallest absolute Gasteiger partial charge is 0.255 e. The molecular formula is C16H16BrNO2. The molecule has 2 rings (SSSR count). The van der Waals surface area contributed by atoms with Crippen LogP contribution in [0.3, 0.4) is 0 Å². The number of ether oxygens (including phenoxy) is 1. The molecule has 2 aromatic rings. The van der Waals surface area contributed by atoms with Crippen LogP contribution in [0.15, 0.2) is 48.5 Å². The first kappa shape index (κ1) is 14.6. The predicted molar refractivity (Wildman–Crippen MR) is 83.2 cm³/mol. The molecule has 0 fully saturated rings. The summed E-state index contributed by atoms with van der Waals surface area (Å²) in [5, 5.41) is 2.90. The zero-order valence-corrected chi connectivity index (χ0v) is 12.8. The summed E-state index contributed by atoms with van der Waals surface area (Å²) in [6.07, 6.45) is 0. The molecule has 0 heterocycles. The van der Waals surface area contributed by atoms with Crippen LogP contribution < -0.4 is 10.1 Å². The van der Waals surface area contributed by atoms with Gasteiger partial charge >= 0.3 is 0 Å². The lowest BCUT2D eigenvalue weighted by molar-refractivity contribution is 0.0947. The largest absolute Gasteiger partial charge is 0.482 e. The van der Waals surface area contributed by atoms with Gasteiger partial charge in [0.15, 0.2) is 0 Å². The van der Waals surface area contributed by atoms with Crippen LogP contribution in [-0.2, 0) is 6.54 Å². The predicted octanol–water partition coefficient (Wildman–Crippen LogP) is 3.66. The summed E-state index contributed by atoms with van der Waals surface area (Å²) in [6, 6.07) is 15.3. The second kappa shape index (κ2) is 7.10. The molecule has 20 heavy (non-hydrogen) atoms. The van der Waals surface area contributed by atoms with E-state index in [0.29, 0.717) is 23.4 Å². The number of aryl methyl sites for hydroxylation is 1. The molecule has 0 unspecified atom stereocenters. The van der Waals surface area contributed by atoms with Crippen molar-refractivity contribution < 1.29 is 9.53 Å². The van der Waals surface area contributed by atoms with Gasteiger partial charge in [-0.25, -0.2) is 0 Å². The molecule has 3 nitrogen and oxygen atoms in total. The molecule has 0 aliphatic rings. The fourth-order valence-electron chi connectivity index (χ4n) is 1.82. The van der Waals surface area contributed by atoms with Gasteiger partial charge in [0.05, 0.1) is 5.56 Å². The highest BCUT2D eigenvalue weighted by atomic mass is 79.9. The lowest BCUT2D eigenvalue weighted by Gasteiger charge is -2.10. The van der Waals surface area contributed by atoms with Gasteiger partial charge in [-0.2, -0.15) is 0 Å². The molecule has 0 aliphatic heterocycles. The third-order valence-corrected chi connectivity index (χ3v) is 3.14. The maximum Gasteiger partial charge on any atom is 0.255 e.